The lowest BCUT2D eigenvalue weighted by molar-refractivity contribution is -0.126. The predicted octanol–water partition coefficient (Wildman–Crippen LogP) is 2.51. The van der Waals surface area contributed by atoms with Crippen molar-refractivity contribution in [2.75, 3.05) is 24.5 Å². The molecule has 160 valence electrons. The molecule has 0 aliphatic carbocycles. The number of thiophene rings is 1. The standard InChI is InChI=1S/C21H25N3O4S2/c1-15-4-6-17(7-5-15)24-14-16(12-19(24)25)21(26)22-13-18-8-9-20(29-18)30(27,28)23-10-2-3-11-23/h4-9,16H,2-3,10-14H2,1H3,(H,22,26)/t16-/m0/s1. The van der Waals surface area contributed by atoms with Gasteiger partial charge < -0.3 is 10.2 Å². The van der Waals surface area contributed by atoms with Crippen LogP contribution in [0, 0.1) is 12.8 Å². The van der Waals surface area contributed by atoms with Gasteiger partial charge in [-0.2, -0.15) is 4.31 Å². The number of amides is 2. The van der Waals surface area contributed by atoms with Gasteiger partial charge in [-0.3, -0.25) is 9.59 Å². The molecule has 0 bridgehead atoms. The average molecular weight is 448 g/mol. The molecule has 2 saturated heterocycles. The first kappa shape index (κ1) is 21.0. The quantitative estimate of drug-likeness (QED) is 0.737. The van der Waals surface area contributed by atoms with Gasteiger partial charge in [-0.25, -0.2) is 8.42 Å². The topological polar surface area (TPSA) is 86.8 Å². The average Bonchev–Trinajstić information content (AvgIpc) is 3.48. The van der Waals surface area contributed by atoms with Gasteiger partial charge >= 0.3 is 0 Å². The van der Waals surface area contributed by atoms with Crippen molar-refractivity contribution >= 4 is 38.9 Å². The Morgan fingerprint density at radius 1 is 1.13 bits per heavy atom. The Bertz CT molecular complexity index is 1040. The van der Waals surface area contributed by atoms with Crippen LogP contribution in [0.3, 0.4) is 0 Å². The zero-order chi connectivity index (χ0) is 21.3. The Labute approximate surface area is 180 Å². The van der Waals surface area contributed by atoms with Gasteiger partial charge in [-0.1, -0.05) is 17.7 Å². The number of aryl methyl sites for hydroxylation is 1. The van der Waals surface area contributed by atoms with E-state index < -0.39 is 15.9 Å². The zero-order valence-corrected chi connectivity index (χ0v) is 18.5. The summed E-state index contributed by atoms with van der Waals surface area (Å²) in [6.45, 7) is 3.73. The van der Waals surface area contributed by atoms with Gasteiger partial charge in [0.15, 0.2) is 0 Å². The Hall–Kier alpha value is -2.23. The van der Waals surface area contributed by atoms with Crippen LogP contribution in [-0.2, 0) is 26.2 Å². The molecule has 9 heteroatoms. The Balaban J connectivity index is 1.35. The molecule has 0 radical (unpaired) electrons. The number of nitrogens with one attached hydrogen (secondary N) is 1. The zero-order valence-electron chi connectivity index (χ0n) is 16.8. The number of hydrogen-bond acceptors (Lipinski definition) is 5. The number of hydrogen-bond donors (Lipinski definition) is 1. The molecule has 3 heterocycles. The van der Waals surface area contributed by atoms with Gasteiger partial charge in [0.2, 0.25) is 11.8 Å². The maximum atomic E-state index is 12.6. The molecule has 2 aliphatic heterocycles. The molecular weight excluding hydrogens is 422 g/mol. The summed E-state index contributed by atoms with van der Waals surface area (Å²) in [5.41, 5.74) is 1.91. The largest absolute Gasteiger partial charge is 0.351 e. The summed E-state index contributed by atoms with van der Waals surface area (Å²) in [4.78, 5) is 27.4. The van der Waals surface area contributed by atoms with Crippen molar-refractivity contribution in [2.24, 2.45) is 5.92 Å². The summed E-state index contributed by atoms with van der Waals surface area (Å²) in [5, 5.41) is 2.86. The van der Waals surface area contributed by atoms with Gasteiger partial charge in [-0.05, 0) is 44.0 Å². The minimum atomic E-state index is -3.43. The molecule has 2 fully saturated rings. The highest BCUT2D eigenvalue weighted by Crippen LogP contribution is 2.28. The molecule has 2 amide bonds. The van der Waals surface area contributed by atoms with Gasteiger partial charge in [0, 0.05) is 36.6 Å². The van der Waals surface area contributed by atoms with Crippen LogP contribution < -0.4 is 10.2 Å². The minimum absolute atomic E-state index is 0.0610. The monoisotopic (exact) mass is 447 g/mol. The lowest BCUT2D eigenvalue weighted by Crippen LogP contribution is -2.32. The first-order valence-electron chi connectivity index (χ1n) is 10.1. The molecule has 2 aliphatic rings. The smallest absolute Gasteiger partial charge is 0.252 e. The second-order valence-corrected chi connectivity index (χ2v) is 11.1. The molecule has 1 aromatic carbocycles. The molecule has 7 nitrogen and oxygen atoms in total. The number of carbonyl (C=O) groups is 2. The maximum absolute atomic E-state index is 12.6. The fraction of sp³-hybridized carbons (Fsp3) is 0.429. The second kappa shape index (κ2) is 8.49. The number of carbonyl (C=O) groups excluding carboxylic acids is 2. The van der Waals surface area contributed by atoms with Crippen LogP contribution in [0.5, 0.6) is 0 Å². The van der Waals surface area contributed by atoms with Gasteiger partial charge in [0.05, 0.1) is 12.5 Å². The van der Waals surface area contributed by atoms with E-state index in [0.29, 0.717) is 23.8 Å². The van der Waals surface area contributed by atoms with E-state index in [1.807, 2.05) is 31.2 Å². The van der Waals surface area contributed by atoms with Crippen molar-refractivity contribution in [2.45, 2.75) is 36.9 Å². The van der Waals surface area contributed by atoms with Gasteiger partial charge in [0.1, 0.15) is 4.21 Å². The van der Waals surface area contributed by atoms with Crippen LogP contribution in [-0.4, -0.2) is 44.2 Å². The van der Waals surface area contributed by atoms with Crippen LogP contribution in [0.25, 0.3) is 0 Å². The van der Waals surface area contributed by atoms with Crippen LogP contribution >= 0.6 is 11.3 Å². The van der Waals surface area contributed by atoms with Crippen molar-refractivity contribution < 1.29 is 18.0 Å². The Morgan fingerprint density at radius 2 is 1.83 bits per heavy atom. The lowest BCUT2D eigenvalue weighted by atomic mass is 10.1. The molecule has 1 aromatic heterocycles. The highest BCUT2D eigenvalue weighted by Gasteiger charge is 2.35. The van der Waals surface area contributed by atoms with E-state index in [0.717, 1.165) is 29.0 Å². The van der Waals surface area contributed by atoms with Crippen LogP contribution in [0.2, 0.25) is 0 Å². The summed E-state index contributed by atoms with van der Waals surface area (Å²) >= 11 is 1.19. The molecule has 2 aromatic rings. The van der Waals surface area contributed by atoms with E-state index in [-0.39, 0.29) is 24.8 Å². The summed E-state index contributed by atoms with van der Waals surface area (Å²) in [6, 6.07) is 11.0. The van der Waals surface area contributed by atoms with Gasteiger partial charge in [-0.15, -0.1) is 11.3 Å². The van der Waals surface area contributed by atoms with Crippen molar-refractivity contribution in [1.29, 1.82) is 0 Å². The van der Waals surface area contributed by atoms with E-state index in [1.54, 1.807) is 17.0 Å². The predicted molar refractivity (Wildman–Crippen MR) is 116 cm³/mol. The number of nitrogens with zero attached hydrogens (tertiary/aromatic N) is 2. The molecular formula is C21H25N3O4S2. The summed E-state index contributed by atoms with van der Waals surface area (Å²) in [5.74, 6) is -0.656. The first-order valence-corrected chi connectivity index (χ1v) is 12.3. The molecule has 30 heavy (non-hydrogen) atoms. The summed E-state index contributed by atoms with van der Waals surface area (Å²) in [6.07, 6.45) is 1.97. The summed E-state index contributed by atoms with van der Waals surface area (Å²) < 4.78 is 27.1. The third-order valence-corrected chi connectivity index (χ3v) is 9.03. The van der Waals surface area contributed by atoms with E-state index >= 15 is 0 Å². The number of rotatable bonds is 6. The van der Waals surface area contributed by atoms with E-state index in [9.17, 15) is 18.0 Å². The third kappa shape index (κ3) is 4.28. The fourth-order valence-corrected chi connectivity index (χ4v) is 6.79. The third-order valence-electron chi connectivity index (χ3n) is 5.57. The number of anilines is 1. The molecule has 0 spiro atoms. The second-order valence-electron chi connectivity index (χ2n) is 7.79. The SMILES string of the molecule is Cc1ccc(N2C[C@@H](C(=O)NCc3ccc(S(=O)(=O)N4CCCC4)s3)CC2=O)cc1. The van der Waals surface area contributed by atoms with Crippen LogP contribution in [0.4, 0.5) is 5.69 Å². The Kier molecular flexibility index (Phi) is 5.95. The molecule has 1 N–H and O–H groups in total. The normalized spacial score (nSPS) is 20.1. The Morgan fingerprint density at radius 3 is 2.53 bits per heavy atom. The minimum Gasteiger partial charge on any atom is -0.351 e. The first-order chi connectivity index (χ1) is 14.3. The number of sulfonamides is 1. The van der Waals surface area contributed by atoms with Crippen LogP contribution in [0.15, 0.2) is 40.6 Å². The van der Waals surface area contributed by atoms with Gasteiger partial charge in [0.25, 0.3) is 10.0 Å². The highest BCUT2D eigenvalue weighted by atomic mass is 32.2. The maximum Gasteiger partial charge on any atom is 0.252 e. The molecule has 4 rings (SSSR count). The number of benzene rings is 1. The van der Waals surface area contributed by atoms with Crippen LogP contribution in [0.1, 0.15) is 29.7 Å². The fourth-order valence-electron chi connectivity index (χ4n) is 3.82. The van der Waals surface area contributed by atoms with E-state index in [4.69, 9.17) is 0 Å². The van der Waals surface area contributed by atoms with Crippen molar-refractivity contribution in [1.82, 2.24) is 9.62 Å². The van der Waals surface area contributed by atoms with Crippen molar-refractivity contribution in [3.63, 3.8) is 0 Å². The van der Waals surface area contributed by atoms with Crippen molar-refractivity contribution in [3.8, 4) is 0 Å². The molecule has 0 saturated carbocycles. The van der Waals surface area contributed by atoms with E-state index in [2.05, 4.69) is 5.32 Å². The highest BCUT2D eigenvalue weighted by molar-refractivity contribution is 7.91. The summed E-state index contributed by atoms with van der Waals surface area (Å²) in [7, 11) is -3.43. The molecule has 1 atom stereocenters. The lowest BCUT2D eigenvalue weighted by Gasteiger charge is -2.17. The molecule has 0 unspecified atom stereocenters. The van der Waals surface area contributed by atoms with E-state index in [1.165, 1.54) is 15.6 Å². The van der Waals surface area contributed by atoms with Crippen molar-refractivity contribution in [3.05, 3.63) is 46.8 Å².